The summed E-state index contributed by atoms with van der Waals surface area (Å²) in [7, 11) is 1.64. The molecule has 108 valence electrons. The van der Waals surface area contributed by atoms with Gasteiger partial charge >= 0.3 is 0 Å². The van der Waals surface area contributed by atoms with Crippen LogP contribution in [0.4, 0.5) is 0 Å². The molecule has 5 nitrogen and oxygen atoms in total. The fourth-order valence-corrected chi connectivity index (χ4v) is 1.95. The Hall–Kier alpha value is -1.88. The standard InChI is InChI=1S/C15H21N3O2/c1-5-8-16-11(3)15-17-14(18-20-15)12-7-6-10(2)9-13(12)19-4/h6-7,9,11,16H,5,8H2,1-4H3. The molecule has 0 radical (unpaired) electrons. The first kappa shape index (κ1) is 14.5. The fraction of sp³-hybridized carbons (Fsp3) is 0.467. The van der Waals surface area contributed by atoms with E-state index in [9.17, 15) is 0 Å². The van der Waals surface area contributed by atoms with Crippen molar-refractivity contribution in [3.05, 3.63) is 29.7 Å². The van der Waals surface area contributed by atoms with Crippen molar-refractivity contribution in [1.29, 1.82) is 0 Å². The van der Waals surface area contributed by atoms with E-state index in [1.165, 1.54) is 0 Å². The van der Waals surface area contributed by atoms with Gasteiger partial charge in [-0.05, 0) is 44.5 Å². The van der Waals surface area contributed by atoms with Crippen LogP contribution in [0.1, 0.15) is 37.8 Å². The number of aromatic nitrogens is 2. The molecule has 1 N–H and O–H groups in total. The van der Waals surface area contributed by atoms with E-state index >= 15 is 0 Å². The zero-order chi connectivity index (χ0) is 14.5. The van der Waals surface area contributed by atoms with Crippen molar-refractivity contribution in [3.63, 3.8) is 0 Å². The Balaban J connectivity index is 2.24. The molecular weight excluding hydrogens is 254 g/mol. The largest absolute Gasteiger partial charge is 0.496 e. The third-order valence-corrected chi connectivity index (χ3v) is 3.11. The summed E-state index contributed by atoms with van der Waals surface area (Å²) >= 11 is 0. The molecule has 0 aliphatic rings. The van der Waals surface area contributed by atoms with Gasteiger partial charge in [-0.1, -0.05) is 18.1 Å². The summed E-state index contributed by atoms with van der Waals surface area (Å²) in [6.07, 6.45) is 1.07. The van der Waals surface area contributed by atoms with E-state index in [1.807, 2.05) is 32.0 Å². The lowest BCUT2D eigenvalue weighted by Gasteiger charge is -2.07. The van der Waals surface area contributed by atoms with Crippen LogP contribution in [0.25, 0.3) is 11.4 Å². The lowest BCUT2D eigenvalue weighted by atomic mass is 10.1. The van der Waals surface area contributed by atoms with Gasteiger partial charge in [0.2, 0.25) is 11.7 Å². The van der Waals surface area contributed by atoms with Crippen molar-refractivity contribution in [2.45, 2.75) is 33.2 Å². The van der Waals surface area contributed by atoms with E-state index in [4.69, 9.17) is 9.26 Å². The Labute approximate surface area is 119 Å². The maximum Gasteiger partial charge on any atom is 0.243 e. The number of aryl methyl sites for hydroxylation is 1. The van der Waals surface area contributed by atoms with Crippen molar-refractivity contribution >= 4 is 0 Å². The van der Waals surface area contributed by atoms with Gasteiger partial charge in [-0.3, -0.25) is 0 Å². The monoisotopic (exact) mass is 275 g/mol. The van der Waals surface area contributed by atoms with E-state index in [0.717, 1.165) is 29.8 Å². The number of hydrogen-bond donors (Lipinski definition) is 1. The van der Waals surface area contributed by atoms with E-state index in [0.29, 0.717) is 11.7 Å². The van der Waals surface area contributed by atoms with Crippen molar-refractivity contribution in [2.24, 2.45) is 0 Å². The van der Waals surface area contributed by atoms with E-state index in [-0.39, 0.29) is 6.04 Å². The SMILES string of the molecule is CCCNC(C)c1nc(-c2ccc(C)cc2OC)no1. The Morgan fingerprint density at radius 3 is 2.90 bits per heavy atom. The molecule has 0 aliphatic carbocycles. The number of ether oxygens (including phenoxy) is 1. The smallest absolute Gasteiger partial charge is 0.243 e. The third-order valence-electron chi connectivity index (χ3n) is 3.11. The molecule has 1 aromatic carbocycles. The van der Waals surface area contributed by atoms with Crippen LogP contribution in [0.3, 0.4) is 0 Å². The second-order valence-corrected chi connectivity index (χ2v) is 4.84. The summed E-state index contributed by atoms with van der Waals surface area (Å²) < 4.78 is 10.7. The number of nitrogens with zero attached hydrogens (tertiary/aromatic N) is 2. The van der Waals surface area contributed by atoms with E-state index in [1.54, 1.807) is 7.11 Å². The van der Waals surface area contributed by atoms with Crippen LogP contribution in [-0.2, 0) is 0 Å². The predicted molar refractivity (Wildman–Crippen MR) is 77.7 cm³/mol. The molecule has 0 amide bonds. The van der Waals surface area contributed by atoms with Crippen LogP contribution in [-0.4, -0.2) is 23.8 Å². The number of hydrogen-bond acceptors (Lipinski definition) is 5. The van der Waals surface area contributed by atoms with Gasteiger partial charge in [-0.15, -0.1) is 0 Å². The summed E-state index contributed by atoms with van der Waals surface area (Å²) in [5, 5.41) is 7.37. The zero-order valence-corrected chi connectivity index (χ0v) is 12.4. The van der Waals surface area contributed by atoms with Crippen molar-refractivity contribution in [1.82, 2.24) is 15.5 Å². The van der Waals surface area contributed by atoms with Crippen LogP contribution in [0.2, 0.25) is 0 Å². The molecule has 0 fully saturated rings. The lowest BCUT2D eigenvalue weighted by molar-refractivity contribution is 0.340. The Bertz CT molecular complexity index is 566. The van der Waals surface area contributed by atoms with Gasteiger partial charge in [-0.2, -0.15) is 4.98 Å². The normalized spacial score (nSPS) is 12.4. The van der Waals surface area contributed by atoms with Crippen LogP contribution in [0.15, 0.2) is 22.7 Å². The molecule has 0 spiro atoms. The molecule has 0 bridgehead atoms. The zero-order valence-electron chi connectivity index (χ0n) is 12.4. The summed E-state index contributed by atoms with van der Waals surface area (Å²) in [4.78, 5) is 4.45. The average molecular weight is 275 g/mol. The number of rotatable bonds is 6. The van der Waals surface area contributed by atoms with Gasteiger partial charge in [0.15, 0.2) is 0 Å². The van der Waals surface area contributed by atoms with Gasteiger partial charge < -0.3 is 14.6 Å². The first-order valence-corrected chi connectivity index (χ1v) is 6.87. The number of methoxy groups -OCH3 is 1. The van der Waals surface area contributed by atoms with Gasteiger partial charge in [0, 0.05) is 0 Å². The summed E-state index contributed by atoms with van der Waals surface area (Å²) in [5.41, 5.74) is 1.98. The maximum absolute atomic E-state index is 5.38. The third kappa shape index (κ3) is 3.17. The molecule has 20 heavy (non-hydrogen) atoms. The topological polar surface area (TPSA) is 60.2 Å². The number of benzene rings is 1. The molecule has 2 rings (SSSR count). The highest BCUT2D eigenvalue weighted by Gasteiger charge is 2.17. The minimum absolute atomic E-state index is 0.0487. The van der Waals surface area contributed by atoms with Crippen molar-refractivity contribution in [3.8, 4) is 17.1 Å². The Kier molecular flexibility index (Phi) is 4.74. The minimum atomic E-state index is 0.0487. The summed E-state index contributed by atoms with van der Waals surface area (Å²) in [5.74, 6) is 1.91. The highest BCUT2D eigenvalue weighted by molar-refractivity contribution is 5.64. The molecule has 1 aromatic heterocycles. The molecule has 1 unspecified atom stereocenters. The molecule has 0 saturated heterocycles. The summed E-state index contributed by atoms with van der Waals surface area (Å²) in [6.45, 7) is 7.08. The van der Waals surface area contributed by atoms with Crippen LogP contribution in [0.5, 0.6) is 5.75 Å². The van der Waals surface area contributed by atoms with Gasteiger partial charge in [0.1, 0.15) is 5.75 Å². The van der Waals surface area contributed by atoms with Gasteiger partial charge in [-0.25, -0.2) is 0 Å². The molecule has 2 aromatic rings. The fourth-order valence-electron chi connectivity index (χ4n) is 1.95. The maximum atomic E-state index is 5.38. The van der Waals surface area contributed by atoms with Crippen LogP contribution in [0, 0.1) is 6.92 Å². The molecule has 1 heterocycles. The Morgan fingerprint density at radius 2 is 2.20 bits per heavy atom. The first-order chi connectivity index (χ1) is 9.65. The van der Waals surface area contributed by atoms with Gasteiger partial charge in [0.25, 0.3) is 0 Å². The summed E-state index contributed by atoms with van der Waals surface area (Å²) in [6, 6.07) is 5.97. The van der Waals surface area contributed by atoms with E-state index in [2.05, 4.69) is 22.4 Å². The van der Waals surface area contributed by atoms with Crippen LogP contribution >= 0.6 is 0 Å². The lowest BCUT2D eigenvalue weighted by Crippen LogP contribution is -2.19. The predicted octanol–water partition coefficient (Wildman–Crippen LogP) is 3.11. The quantitative estimate of drug-likeness (QED) is 0.877. The van der Waals surface area contributed by atoms with Crippen molar-refractivity contribution in [2.75, 3.05) is 13.7 Å². The molecule has 1 atom stereocenters. The second kappa shape index (κ2) is 6.52. The number of nitrogens with one attached hydrogen (secondary N) is 1. The first-order valence-electron chi connectivity index (χ1n) is 6.87. The molecule has 5 heteroatoms. The molecular formula is C15H21N3O2. The van der Waals surface area contributed by atoms with E-state index < -0.39 is 0 Å². The van der Waals surface area contributed by atoms with Crippen LogP contribution < -0.4 is 10.1 Å². The van der Waals surface area contributed by atoms with Gasteiger partial charge in [0.05, 0.1) is 18.7 Å². The second-order valence-electron chi connectivity index (χ2n) is 4.84. The van der Waals surface area contributed by atoms with Crippen molar-refractivity contribution < 1.29 is 9.26 Å². The highest BCUT2D eigenvalue weighted by atomic mass is 16.5. The molecule has 0 aliphatic heterocycles. The minimum Gasteiger partial charge on any atom is -0.496 e. The Morgan fingerprint density at radius 1 is 1.40 bits per heavy atom. The average Bonchev–Trinajstić information content (AvgIpc) is 2.94. The highest BCUT2D eigenvalue weighted by Crippen LogP contribution is 2.29. The molecule has 0 saturated carbocycles.